The van der Waals surface area contributed by atoms with Crippen molar-refractivity contribution in [3.05, 3.63) is 10.5 Å². The Hall–Kier alpha value is -0.810. The molecule has 1 saturated carbocycles. The molecule has 1 fully saturated rings. The quantitative estimate of drug-likeness (QED) is 0.886. The van der Waals surface area contributed by atoms with Crippen LogP contribution in [0.4, 0.5) is 5.13 Å². The standard InChI is InChI=1S/C11H15ClN2O2S/c12-9-6-17-11(14-9)13-5-7-3-1-2-4-8(7)10(15)16/h6-8H,1-5H2,(H,13,14)(H,15,16). The second-order valence-corrected chi connectivity index (χ2v) is 5.59. The molecular weight excluding hydrogens is 260 g/mol. The summed E-state index contributed by atoms with van der Waals surface area (Å²) in [6.07, 6.45) is 3.91. The maximum absolute atomic E-state index is 11.1. The Balaban J connectivity index is 1.90. The number of halogens is 1. The average molecular weight is 275 g/mol. The van der Waals surface area contributed by atoms with Gasteiger partial charge in [0.25, 0.3) is 0 Å². The van der Waals surface area contributed by atoms with Crippen molar-refractivity contribution in [2.24, 2.45) is 11.8 Å². The van der Waals surface area contributed by atoms with Crippen LogP contribution in [0.3, 0.4) is 0 Å². The fraction of sp³-hybridized carbons (Fsp3) is 0.636. The van der Waals surface area contributed by atoms with Crippen molar-refractivity contribution in [2.75, 3.05) is 11.9 Å². The normalized spacial score (nSPS) is 24.5. The van der Waals surface area contributed by atoms with Crippen LogP contribution < -0.4 is 5.32 Å². The highest BCUT2D eigenvalue weighted by atomic mass is 35.5. The summed E-state index contributed by atoms with van der Waals surface area (Å²) >= 11 is 7.17. The number of nitrogens with one attached hydrogen (secondary N) is 1. The number of aromatic nitrogens is 1. The molecule has 0 amide bonds. The summed E-state index contributed by atoms with van der Waals surface area (Å²) in [6, 6.07) is 0. The molecule has 0 spiro atoms. The van der Waals surface area contributed by atoms with Crippen molar-refractivity contribution >= 4 is 34.0 Å². The number of hydrogen-bond donors (Lipinski definition) is 2. The number of hydrogen-bond acceptors (Lipinski definition) is 4. The van der Waals surface area contributed by atoms with Gasteiger partial charge in [0.2, 0.25) is 0 Å². The van der Waals surface area contributed by atoms with Gasteiger partial charge < -0.3 is 10.4 Å². The predicted molar refractivity (Wildman–Crippen MR) is 68.7 cm³/mol. The fourth-order valence-corrected chi connectivity index (χ4v) is 3.18. The third-order valence-electron chi connectivity index (χ3n) is 3.22. The lowest BCUT2D eigenvalue weighted by Crippen LogP contribution is -2.31. The van der Waals surface area contributed by atoms with E-state index in [1.54, 1.807) is 5.38 Å². The number of carbonyl (C=O) groups is 1. The lowest BCUT2D eigenvalue weighted by atomic mass is 9.79. The number of carboxylic acids is 1. The summed E-state index contributed by atoms with van der Waals surface area (Å²) in [7, 11) is 0. The number of thiazole rings is 1. The lowest BCUT2D eigenvalue weighted by Gasteiger charge is -2.28. The smallest absolute Gasteiger partial charge is 0.306 e. The molecule has 0 aromatic carbocycles. The summed E-state index contributed by atoms with van der Waals surface area (Å²) in [4.78, 5) is 15.2. The van der Waals surface area contributed by atoms with Gasteiger partial charge in [-0.2, -0.15) is 0 Å². The van der Waals surface area contributed by atoms with Crippen LogP contribution in [0.2, 0.25) is 5.15 Å². The molecule has 0 radical (unpaired) electrons. The molecular formula is C11H15ClN2O2S. The second-order valence-electron chi connectivity index (χ2n) is 4.35. The van der Waals surface area contributed by atoms with Gasteiger partial charge in [0.05, 0.1) is 5.92 Å². The van der Waals surface area contributed by atoms with E-state index < -0.39 is 5.97 Å². The topological polar surface area (TPSA) is 62.2 Å². The first-order valence-electron chi connectivity index (χ1n) is 5.74. The van der Waals surface area contributed by atoms with Gasteiger partial charge in [-0.25, -0.2) is 4.98 Å². The summed E-state index contributed by atoms with van der Waals surface area (Å²) < 4.78 is 0. The summed E-state index contributed by atoms with van der Waals surface area (Å²) in [5.41, 5.74) is 0. The second kappa shape index (κ2) is 5.69. The van der Waals surface area contributed by atoms with E-state index in [1.807, 2.05) is 0 Å². The van der Waals surface area contributed by atoms with Crippen LogP contribution in [0.5, 0.6) is 0 Å². The maximum Gasteiger partial charge on any atom is 0.306 e. The SMILES string of the molecule is O=C(O)C1CCCCC1CNc1nc(Cl)cs1. The zero-order valence-corrected chi connectivity index (χ0v) is 10.9. The number of carboxylic acid groups (broad SMARTS) is 1. The van der Waals surface area contributed by atoms with Crippen LogP contribution >= 0.6 is 22.9 Å². The van der Waals surface area contributed by atoms with Crippen molar-refractivity contribution in [2.45, 2.75) is 25.7 Å². The minimum absolute atomic E-state index is 0.198. The van der Waals surface area contributed by atoms with Gasteiger partial charge in [0, 0.05) is 11.9 Å². The Morgan fingerprint density at radius 2 is 2.35 bits per heavy atom. The van der Waals surface area contributed by atoms with Crippen LogP contribution in [0.15, 0.2) is 5.38 Å². The van der Waals surface area contributed by atoms with Crippen molar-refractivity contribution in [3.8, 4) is 0 Å². The predicted octanol–water partition coefficient (Wildman–Crippen LogP) is 3.10. The monoisotopic (exact) mass is 274 g/mol. The molecule has 0 aliphatic heterocycles. The molecule has 1 aromatic rings. The number of rotatable bonds is 4. The van der Waals surface area contributed by atoms with Gasteiger partial charge in [-0.15, -0.1) is 11.3 Å². The van der Waals surface area contributed by atoms with E-state index in [1.165, 1.54) is 11.3 Å². The summed E-state index contributed by atoms with van der Waals surface area (Å²) in [6.45, 7) is 0.667. The van der Waals surface area contributed by atoms with Crippen molar-refractivity contribution in [1.29, 1.82) is 0 Å². The third kappa shape index (κ3) is 3.33. The van der Waals surface area contributed by atoms with Crippen LogP contribution in [0.1, 0.15) is 25.7 Å². The van der Waals surface area contributed by atoms with E-state index in [4.69, 9.17) is 16.7 Å². The Morgan fingerprint density at radius 1 is 1.59 bits per heavy atom. The molecule has 1 aliphatic carbocycles. The van der Waals surface area contributed by atoms with Gasteiger partial charge in [0.1, 0.15) is 5.15 Å². The highest BCUT2D eigenvalue weighted by Gasteiger charge is 2.30. The first-order chi connectivity index (χ1) is 8.16. The van der Waals surface area contributed by atoms with Gasteiger partial charge in [-0.1, -0.05) is 24.4 Å². The molecule has 4 nitrogen and oxygen atoms in total. The molecule has 94 valence electrons. The van der Waals surface area contributed by atoms with Crippen LogP contribution in [0.25, 0.3) is 0 Å². The molecule has 0 saturated heterocycles. The molecule has 1 heterocycles. The van der Waals surface area contributed by atoms with Gasteiger partial charge >= 0.3 is 5.97 Å². The van der Waals surface area contributed by atoms with Gasteiger partial charge in [-0.05, 0) is 18.8 Å². The summed E-state index contributed by atoms with van der Waals surface area (Å²) in [5.74, 6) is -0.690. The van der Waals surface area contributed by atoms with Gasteiger partial charge in [-0.3, -0.25) is 4.79 Å². The highest BCUT2D eigenvalue weighted by molar-refractivity contribution is 7.14. The minimum Gasteiger partial charge on any atom is -0.481 e. The molecule has 6 heteroatoms. The molecule has 2 N–H and O–H groups in total. The molecule has 2 rings (SSSR count). The summed E-state index contributed by atoms with van der Waals surface area (Å²) in [5, 5.41) is 15.3. The van der Waals surface area contributed by atoms with Crippen LogP contribution in [-0.2, 0) is 4.79 Å². The molecule has 17 heavy (non-hydrogen) atoms. The van der Waals surface area contributed by atoms with E-state index in [0.717, 1.165) is 30.8 Å². The van der Waals surface area contributed by atoms with E-state index in [0.29, 0.717) is 11.7 Å². The molecule has 2 atom stereocenters. The number of nitrogens with zero attached hydrogens (tertiary/aromatic N) is 1. The van der Waals surface area contributed by atoms with E-state index in [9.17, 15) is 4.79 Å². The Bertz CT molecular complexity index is 397. The Kier molecular flexibility index (Phi) is 4.23. The first kappa shape index (κ1) is 12.6. The third-order valence-corrected chi connectivity index (χ3v) is 4.34. The van der Waals surface area contributed by atoms with E-state index in [2.05, 4.69) is 10.3 Å². The molecule has 1 aliphatic rings. The lowest BCUT2D eigenvalue weighted by molar-refractivity contribution is -0.144. The Labute approximate surface area is 109 Å². The Morgan fingerprint density at radius 3 is 3.00 bits per heavy atom. The maximum atomic E-state index is 11.1. The van der Waals surface area contributed by atoms with Crippen molar-refractivity contribution in [3.63, 3.8) is 0 Å². The first-order valence-corrected chi connectivity index (χ1v) is 7.00. The minimum atomic E-state index is -0.673. The number of anilines is 1. The van der Waals surface area contributed by atoms with Gasteiger partial charge in [0.15, 0.2) is 5.13 Å². The van der Waals surface area contributed by atoms with Crippen molar-refractivity contribution < 1.29 is 9.90 Å². The fourth-order valence-electron chi connectivity index (χ4n) is 2.33. The van der Waals surface area contributed by atoms with Crippen LogP contribution in [0, 0.1) is 11.8 Å². The zero-order valence-electron chi connectivity index (χ0n) is 9.36. The van der Waals surface area contributed by atoms with E-state index >= 15 is 0 Å². The molecule has 1 aromatic heterocycles. The zero-order chi connectivity index (χ0) is 12.3. The average Bonchev–Trinajstić information content (AvgIpc) is 2.73. The number of aliphatic carboxylic acids is 1. The molecule has 2 unspecified atom stereocenters. The molecule has 0 bridgehead atoms. The largest absolute Gasteiger partial charge is 0.481 e. The highest BCUT2D eigenvalue weighted by Crippen LogP contribution is 2.31. The van der Waals surface area contributed by atoms with Crippen molar-refractivity contribution in [1.82, 2.24) is 4.98 Å². The van der Waals surface area contributed by atoms with E-state index in [-0.39, 0.29) is 11.8 Å². The van der Waals surface area contributed by atoms with Crippen LogP contribution in [-0.4, -0.2) is 22.6 Å².